The predicted octanol–water partition coefficient (Wildman–Crippen LogP) is 2.43. The molecule has 0 aromatic heterocycles. The fourth-order valence-corrected chi connectivity index (χ4v) is 2.32. The van der Waals surface area contributed by atoms with Crippen LogP contribution in [0.2, 0.25) is 0 Å². The molecule has 0 unspecified atom stereocenters. The maximum Gasteiger partial charge on any atom is 0.274 e. The number of nitro groups is 1. The van der Waals surface area contributed by atoms with E-state index in [1.54, 1.807) is 24.8 Å². The third-order valence-electron chi connectivity index (χ3n) is 2.51. The average molecular weight is 270 g/mol. The van der Waals surface area contributed by atoms with Crippen LogP contribution in [0.5, 0.6) is 0 Å². The van der Waals surface area contributed by atoms with E-state index < -0.39 is 0 Å². The predicted molar refractivity (Wildman–Crippen MR) is 75.4 cm³/mol. The SMILES string of the molecule is Cc1c(NCCSCCCO)cccc1[N+](=O)[O-]. The summed E-state index contributed by atoms with van der Waals surface area (Å²) in [5.41, 5.74) is 1.63. The van der Waals surface area contributed by atoms with Crippen molar-refractivity contribution in [3.8, 4) is 0 Å². The summed E-state index contributed by atoms with van der Waals surface area (Å²) < 4.78 is 0. The lowest BCUT2D eigenvalue weighted by atomic mass is 10.1. The number of nitrogens with one attached hydrogen (secondary N) is 1. The molecule has 6 heteroatoms. The summed E-state index contributed by atoms with van der Waals surface area (Å²) in [7, 11) is 0. The summed E-state index contributed by atoms with van der Waals surface area (Å²) in [5, 5.41) is 22.6. The van der Waals surface area contributed by atoms with Crippen molar-refractivity contribution < 1.29 is 10.0 Å². The molecule has 0 bridgehead atoms. The number of benzene rings is 1. The van der Waals surface area contributed by atoms with E-state index >= 15 is 0 Å². The number of rotatable bonds is 8. The first-order valence-electron chi connectivity index (χ1n) is 5.83. The highest BCUT2D eigenvalue weighted by Crippen LogP contribution is 2.24. The highest BCUT2D eigenvalue weighted by molar-refractivity contribution is 7.99. The van der Waals surface area contributed by atoms with Crippen LogP contribution in [0.4, 0.5) is 11.4 Å². The Labute approximate surface area is 111 Å². The van der Waals surface area contributed by atoms with Gasteiger partial charge in [-0.15, -0.1) is 0 Å². The maximum atomic E-state index is 10.8. The third-order valence-corrected chi connectivity index (χ3v) is 3.58. The molecule has 0 atom stereocenters. The molecule has 0 aliphatic rings. The minimum atomic E-state index is -0.365. The van der Waals surface area contributed by atoms with Crippen LogP contribution in [0.15, 0.2) is 18.2 Å². The molecule has 1 rings (SSSR count). The molecule has 0 heterocycles. The quantitative estimate of drug-likeness (QED) is 0.431. The van der Waals surface area contributed by atoms with Crippen LogP contribution in [-0.4, -0.2) is 34.7 Å². The van der Waals surface area contributed by atoms with Crippen LogP contribution in [-0.2, 0) is 0 Å². The van der Waals surface area contributed by atoms with Crippen molar-refractivity contribution in [1.82, 2.24) is 0 Å². The third kappa shape index (κ3) is 4.54. The summed E-state index contributed by atoms with van der Waals surface area (Å²) in [4.78, 5) is 10.4. The van der Waals surface area contributed by atoms with E-state index in [0.717, 1.165) is 30.2 Å². The van der Waals surface area contributed by atoms with Crippen molar-refractivity contribution in [2.24, 2.45) is 0 Å². The topological polar surface area (TPSA) is 75.4 Å². The molecule has 0 fully saturated rings. The molecule has 0 aliphatic carbocycles. The Kier molecular flexibility index (Phi) is 6.53. The Bertz CT molecular complexity index is 399. The first-order chi connectivity index (χ1) is 8.66. The first-order valence-corrected chi connectivity index (χ1v) is 6.98. The molecular formula is C12H18N2O3S. The van der Waals surface area contributed by atoms with E-state index in [2.05, 4.69) is 5.32 Å². The number of nitro benzene ring substituents is 1. The van der Waals surface area contributed by atoms with Crippen LogP contribution in [0.1, 0.15) is 12.0 Å². The Hall–Kier alpha value is -1.27. The van der Waals surface area contributed by atoms with Crippen molar-refractivity contribution >= 4 is 23.1 Å². The molecular weight excluding hydrogens is 252 g/mol. The van der Waals surface area contributed by atoms with Crippen molar-refractivity contribution in [3.63, 3.8) is 0 Å². The Morgan fingerprint density at radius 3 is 2.89 bits per heavy atom. The Morgan fingerprint density at radius 2 is 2.22 bits per heavy atom. The molecule has 0 saturated heterocycles. The van der Waals surface area contributed by atoms with Crippen LogP contribution in [0, 0.1) is 17.0 Å². The average Bonchev–Trinajstić information content (AvgIpc) is 2.35. The van der Waals surface area contributed by atoms with E-state index in [-0.39, 0.29) is 17.2 Å². The molecule has 0 radical (unpaired) electrons. The first kappa shape index (κ1) is 14.8. The van der Waals surface area contributed by atoms with Gasteiger partial charge in [-0.1, -0.05) is 6.07 Å². The smallest absolute Gasteiger partial charge is 0.274 e. The summed E-state index contributed by atoms with van der Waals surface area (Å²) in [5.74, 6) is 1.86. The van der Waals surface area contributed by atoms with Gasteiger partial charge in [-0.3, -0.25) is 10.1 Å². The van der Waals surface area contributed by atoms with E-state index in [1.807, 2.05) is 6.07 Å². The lowest BCUT2D eigenvalue weighted by Gasteiger charge is -2.09. The number of nitrogens with zero attached hydrogens (tertiary/aromatic N) is 1. The van der Waals surface area contributed by atoms with Gasteiger partial charge >= 0.3 is 0 Å². The number of hydrogen-bond donors (Lipinski definition) is 2. The van der Waals surface area contributed by atoms with Gasteiger partial charge < -0.3 is 10.4 Å². The van der Waals surface area contributed by atoms with Crippen LogP contribution < -0.4 is 5.32 Å². The molecule has 100 valence electrons. The summed E-state index contributed by atoms with van der Waals surface area (Å²) in [6.07, 6.45) is 0.806. The largest absolute Gasteiger partial charge is 0.396 e. The molecule has 0 amide bonds. The summed E-state index contributed by atoms with van der Waals surface area (Å²) in [6.45, 7) is 2.74. The molecule has 5 nitrogen and oxygen atoms in total. The monoisotopic (exact) mass is 270 g/mol. The van der Waals surface area contributed by atoms with Gasteiger partial charge in [0.25, 0.3) is 5.69 Å². The molecule has 18 heavy (non-hydrogen) atoms. The zero-order valence-electron chi connectivity index (χ0n) is 10.4. The number of anilines is 1. The zero-order chi connectivity index (χ0) is 13.4. The second-order valence-corrected chi connectivity index (χ2v) is 5.05. The zero-order valence-corrected chi connectivity index (χ0v) is 11.2. The van der Waals surface area contributed by atoms with Crippen LogP contribution in [0.3, 0.4) is 0 Å². The van der Waals surface area contributed by atoms with Crippen LogP contribution in [0.25, 0.3) is 0 Å². The standard InChI is InChI=1S/C12H18N2O3S/c1-10-11(4-2-5-12(10)14(16)17)13-6-9-18-8-3-7-15/h2,4-5,13,15H,3,6-9H2,1H3. The van der Waals surface area contributed by atoms with Crippen LogP contribution >= 0.6 is 11.8 Å². The van der Waals surface area contributed by atoms with Gasteiger partial charge in [0.15, 0.2) is 0 Å². The molecule has 2 N–H and O–H groups in total. The number of hydrogen-bond acceptors (Lipinski definition) is 5. The van der Waals surface area contributed by atoms with Crippen molar-refractivity contribution in [1.29, 1.82) is 0 Å². The fraction of sp³-hybridized carbons (Fsp3) is 0.500. The number of thioether (sulfide) groups is 1. The van der Waals surface area contributed by atoms with Gasteiger partial charge in [0.1, 0.15) is 0 Å². The lowest BCUT2D eigenvalue weighted by Crippen LogP contribution is -2.07. The second kappa shape index (κ2) is 7.94. The van der Waals surface area contributed by atoms with E-state index in [4.69, 9.17) is 5.11 Å². The van der Waals surface area contributed by atoms with Crippen molar-refractivity contribution in [3.05, 3.63) is 33.9 Å². The molecule has 0 aliphatic heterocycles. The van der Waals surface area contributed by atoms with E-state index in [9.17, 15) is 10.1 Å². The van der Waals surface area contributed by atoms with Gasteiger partial charge in [0.05, 0.1) is 4.92 Å². The maximum absolute atomic E-state index is 10.8. The number of aliphatic hydroxyl groups is 1. The van der Waals surface area contributed by atoms with Gasteiger partial charge in [0.2, 0.25) is 0 Å². The normalized spacial score (nSPS) is 10.3. The van der Waals surface area contributed by atoms with Gasteiger partial charge in [-0.2, -0.15) is 11.8 Å². The van der Waals surface area contributed by atoms with Crippen molar-refractivity contribution in [2.45, 2.75) is 13.3 Å². The number of aliphatic hydroxyl groups excluding tert-OH is 1. The van der Waals surface area contributed by atoms with Gasteiger partial charge in [0, 0.05) is 36.2 Å². The molecule has 0 spiro atoms. The Balaban J connectivity index is 2.43. The fourth-order valence-electron chi connectivity index (χ4n) is 1.54. The molecule has 1 aromatic carbocycles. The van der Waals surface area contributed by atoms with E-state index in [0.29, 0.717) is 5.56 Å². The highest BCUT2D eigenvalue weighted by Gasteiger charge is 2.12. The highest BCUT2D eigenvalue weighted by atomic mass is 32.2. The lowest BCUT2D eigenvalue weighted by molar-refractivity contribution is -0.385. The summed E-state index contributed by atoms with van der Waals surface area (Å²) >= 11 is 1.76. The second-order valence-electron chi connectivity index (χ2n) is 3.82. The minimum Gasteiger partial charge on any atom is -0.396 e. The van der Waals surface area contributed by atoms with Gasteiger partial charge in [-0.05, 0) is 25.2 Å². The molecule has 0 saturated carbocycles. The van der Waals surface area contributed by atoms with Crippen molar-refractivity contribution in [2.75, 3.05) is 30.0 Å². The minimum absolute atomic E-state index is 0.146. The Morgan fingerprint density at radius 1 is 1.44 bits per heavy atom. The molecule has 1 aromatic rings. The van der Waals surface area contributed by atoms with Gasteiger partial charge in [-0.25, -0.2) is 0 Å². The van der Waals surface area contributed by atoms with E-state index in [1.165, 1.54) is 6.07 Å². The summed E-state index contributed by atoms with van der Waals surface area (Å²) in [6, 6.07) is 5.05.